The molecule has 1 aromatic carbocycles. The average Bonchev–Trinajstić information content (AvgIpc) is 2.67. The fourth-order valence-corrected chi connectivity index (χ4v) is 2.81. The fourth-order valence-electron chi connectivity index (χ4n) is 2.81. The van der Waals surface area contributed by atoms with Crippen LogP contribution in [0.1, 0.15) is 30.7 Å². The molecule has 0 spiro atoms. The van der Waals surface area contributed by atoms with Crippen molar-refractivity contribution in [2.45, 2.75) is 25.2 Å². The number of rotatable bonds is 0. The highest BCUT2D eigenvalue weighted by molar-refractivity contribution is 5.96. The summed E-state index contributed by atoms with van der Waals surface area (Å²) < 4.78 is 0. The van der Waals surface area contributed by atoms with E-state index >= 15 is 0 Å². The molecule has 3 rings (SSSR count). The van der Waals surface area contributed by atoms with E-state index < -0.39 is 0 Å². The molecule has 1 heterocycles. The number of amides is 1. The summed E-state index contributed by atoms with van der Waals surface area (Å²) in [6.45, 7) is 0. The van der Waals surface area contributed by atoms with Crippen LogP contribution in [0.4, 0.5) is 5.69 Å². The Morgan fingerprint density at radius 3 is 2.86 bits per heavy atom. The van der Waals surface area contributed by atoms with Gasteiger partial charge in [0.05, 0.1) is 0 Å². The Hall–Kier alpha value is -1.31. The Balaban J connectivity index is 2.11. The second kappa shape index (κ2) is 2.84. The van der Waals surface area contributed by atoms with E-state index in [0.29, 0.717) is 5.92 Å². The first-order valence-electron chi connectivity index (χ1n) is 5.26. The lowest BCUT2D eigenvalue weighted by atomic mass is 9.84. The van der Waals surface area contributed by atoms with Crippen molar-refractivity contribution >= 4 is 11.6 Å². The highest BCUT2D eigenvalue weighted by atomic mass is 16.2. The van der Waals surface area contributed by atoms with E-state index in [1.807, 2.05) is 12.1 Å². The van der Waals surface area contributed by atoms with Gasteiger partial charge in [0.2, 0.25) is 5.91 Å². The minimum atomic E-state index is 0.228. The van der Waals surface area contributed by atoms with Crippen LogP contribution in [0.5, 0.6) is 0 Å². The fraction of sp³-hybridized carbons (Fsp3) is 0.417. The maximum atomic E-state index is 11.7. The molecule has 2 heteroatoms. The van der Waals surface area contributed by atoms with Crippen molar-refractivity contribution in [3.63, 3.8) is 0 Å². The van der Waals surface area contributed by atoms with E-state index in [1.165, 1.54) is 18.4 Å². The molecule has 72 valence electrons. The molecule has 1 aliphatic heterocycles. The van der Waals surface area contributed by atoms with Crippen molar-refractivity contribution < 1.29 is 4.79 Å². The van der Waals surface area contributed by atoms with Gasteiger partial charge in [0, 0.05) is 11.6 Å². The molecule has 1 saturated carbocycles. The lowest BCUT2D eigenvalue weighted by molar-refractivity contribution is -0.120. The van der Waals surface area contributed by atoms with Crippen LogP contribution in [-0.4, -0.2) is 5.91 Å². The van der Waals surface area contributed by atoms with Crippen LogP contribution >= 0.6 is 0 Å². The predicted molar refractivity (Wildman–Crippen MR) is 55.2 cm³/mol. The number of hydrogen-bond acceptors (Lipinski definition) is 1. The topological polar surface area (TPSA) is 29.1 Å². The normalized spacial score (nSPS) is 29.3. The van der Waals surface area contributed by atoms with Gasteiger partial charge in [-0.3, -0.25) is 4.79 Å². The number of carbonyl (C=O) groups is 1. The summed E-state index contributed by atoms with van der Waals surface area (Å²) in [7, 11) is 0. The summed E-state index contributed by atoms with van der Waals surface area (Å²) in [5.41, 5.74) is 2.37. The summed E-state index contributed by atoms with van der Waals surface area (Å²) >= 11 is 0. The van der Waals surface area contributed by atoms with Gasteiger partial charge in [-0.2, -0.15) is 0 Å². The van der Waals surface area contributed by atoms with Crippen LogP contribution in [-0.2, 0) is 4.79 Å². The largest absolute Gasteiger partial charge is 0.326 e. The molecule has 2 nitrogen and oxygen atoms in total. The first kappa shape index (κ1) is 8.04. The molecule has 14 heavy (non-hydrogen) atoms. The zero-order chi connectivity index (χ0) is 9.54. The van der Waals surface area contributed by atoms with Crippen molar-refractivity contribution in [3.05, 3.63) is 29.8 Å². The van der Waals surface area contributed by atoms with E-state index in [9.17, 15) is 4.79 Å². The summed E-state index contributed by atoms with van der Waals surface area (Å²) in [5, 5.41) is 2.99. The Bertz CT molecular complexity index is 386. The smallest absolute Gasteiger partial charge is 0.228 e. The number of carbonyl (C=O) groups excluding carboxylic acids is 1. The molecule has 2 atom stereocenters. The van der Waals surface area contributed by atoms with Gasteiger partial charge in [0.1, 0.15) is 0 Å². The zero-order valence-corrected chi connectivity index (χ0v) is 7.99. The van der Waals surface area contributed by atoms with Gasteiger partial charge in [-0.25, -0.2) is 0 Å². The van der Waals surface area contributed by atoms with Gasteiger partial charge < -0.3 is 5.32 Å². The van der Waals surface area contributed by atoms with Gasteiger partial charge in [-0.15, -0.1) is 0 Å². The third kappa shape index (κ3) is 0.999. The Labute approximate surface area is 83.3 Å². The number of anilines is 1. The van der Waals surface area contributed by atoms with E-state index in [-0.39, 0.29) is 11.8 Å². The Morgan fingerprint density at radius 2 is 1.93 bits per heavy atom. The number of benzene rings is 1. The van der Waals surface area contributed by atoms with Gasteiger partial charge in [-0.1, -0.05) is 24.6 Å². The Morgan fingerprint density at radius 1 is 1.14 bits per heavy atom. The third-order valence-electron chi connectivity index (χ3n) is 3.47. The van der Waals surface area contributed by atoms with Crippen molar-refractivity contribution in [2.24, 2.45) is 5.92 Å². The maximum absolute atomic E-state index is 11.7. The van der Waals surface area contributed by atoms with Crippen LogP contribution in [0.25, 0.3) is 0 Å². The van der Waals surface area contributed by atoms with Crippen molar-refractivity contribution in [2.75, 3.05) is 5.32 Å². The van der Waals surface area contributed by atoms with Crippen LogP contribution < -0.4 is 5.32 Å². The first-order chi connectivity index (χ1) is 6.86. The number of fused-ring (bicyclic) bond motifs is 3. The van der Waals surface area contributed by atoms with Gasteiger partial charge in [0.25, 0.3) is 0 Å². The number of para-hydroxylation sites is 1. The lowest BCUT2D eigenvalue weighted by Crippen LogP contribution is -2.30. The third-order valence-corrected chi connectivity index (χ3v) is 3.47. The molecule has 0 aromatic heterocycles. The standard InChI is InChI=1S/C12H13NO/c14-12-10-6-3-5-8(10)9-4-1-2-7-11(9)13-12/h1-2,4,7-8,10H,3,5-6H2,(H,13,14)/t8-,10-/m1/s1. The van der Waals surface area contributed by atoms with Crippen LogP contribution in [0, 0.1) is 5.92 Å². The second-order valence-corrected chi connectivity index (χ2v) is 4.22. The summed E-state index contributed by atoms with van der Waals surface area (Å²) in [4.78, 5) is 11.7. The molecular formula is C12H13NO. The molecule has 0 saturated heterocycles. The molecular weight excluding hydrogens is 174 g/mol. The van der Waals surface area contributed by atoms with E-state index in [4.69, 9.17) is 0 Å². The molecule has 2 aliphatic rings. The molecule has 0 bridgehead atoms. The van der Waals surface area contributed by atoms with Crippen LogP contribution in [0.2, 0.25) is 0 Å². The van der Waals surface area contributed by atoms with Crippen molar-refractivity contribution in [3.8, 4) is 0 Å². The van der Waals surface area contributed by atoms with Crippen molar-refractivity contribution in [1.29, 1.82) is 0 Å². The quantitative estimate of drug-likeness (QED) is 0.664. The van der Waals surface area contributed by atoms with Crippen LogP contribution in [0.3, 0.4) is 0 Å². The Kier molecular flexibility index (Phi) is 1.63. The van der Waals surface area contributed by atoms with E-state index in [2.05, 4.69) is 17.4 Å². The highest BCUT2D eigenvalue weighted by Crippen LogP contribution is 2.45. The van der Waals surface area contributed by atoms with Crippen LogP contribution in [0.15, 0.2) is 24.3 Å². The number of hydrogen-bond donors (Lipinski definition) is 1. The van der Waals surface area contributed by atoms with E-state index in [0.717, 1.165) is 12.1 Å². The molecule has 1 amide bonds. The van der Waals surface area contributed by atoms with E-state index in [1.54, 1.807) is 0 Å². The molecule has 1 aliphatic carbocycles. The summed E-state index contributed by atoms with van der Waals surface area (Å²) in [5.74, 6) is 0.955. The lowest BCUT2D eigenvalue weighted by Gasteiger charge is -2.27. The van der Waals surface area contributed by atoms with Gasteiger partial charge >= 0.3 is 0 Å². The molecule has 1 fully saturated rings. The maximum Gasteiger partial charge on any atom is 0.228 e. The second-order valence-electron chi connectivity index (χ2n) is 4.22. The summed E-state index contributed by atoms with van der Waals surface area (Å²) in [6, 6.07) is 8.19. The first-order valence-corrected chi connectivity index (χ1v) is 5.26. The highest BCUT2D eigenvalue weighted by Gasteiger charge is 2.38. The average molecular weight is 187 g/mol. The van der Waals surface area contributed by atoms with Gasteiger partial charge in [-0.05, 0) is 30.4 Å². The molecule has 0 unspecified atom stereocenters. The number of nitrogens with one attached hydrogen (secondary N) is 1. The molecule has 1 aromatic rings. The zero-order valence-electron chi connectivity index (χ0n) is 7.99. The summed E-state index contributed by atoms with van der Waals surface area (Å²) in [6.07, 6.45) is 3.43. The minimum absolute atomic E-state index is 0.228. The monoisotopic (exact) mass is 187 g/mol. The molecule has 0 radical (unpaired) electrons. The van der Waals surface area contributed by atoms with Gasteiger partial charge in [0.15, 0.2) is 0 Å². The van der Waals surface area contributed by atoms with Crippen molar-refractivity contribution in [1.82, 2.24) is 0 Å². The minimum Gasteiger partial charge on any atom is -0.326 e. The molecule has 1 N–H and O–H groups in total. The SMILES string of the molecule is O=C1Nc2ccccc2[C@H]2CCC[C@@H]12. The predicted octanol–water partition coefficient (Wildman–Crippen LogP) is 2.52.